The molecule has 3 saturated carbocycles. The summed E-state index contributed by atoms with van der Waals surface area (Å²) in [5, 5.41) is 0. The second kappa shape index (κ2) is 3.61. The molecule has 0 spiro atoms. The van der Waals surface area contributed by atoms with Gasteiger partial charge in [-0.25, -0.2) is 0 Å². The molecule has 3 aliphatic rings. The highest BCUT2D eigenvalue weighted by atomic mass is 28.1. The van der Waals surface area contributed by atoms with Gasteiger partial charge in [-0.3, -0.25) is 0 Å². The van der Waals surface area contributed by atoms with Gasteiger partial charge in [0.15, 0.2) is 0 Å². The molecule has 0 saturated heterocycles. The van der Waals surface area contributed by atoms with Crippen molar-refractivity contribution in [1.29, 1.82) is 0 Å². The van der Waals surface area contributed by atoms with Crippen molar-refractivity contribution in [3.8, 4) is 0 Å². The topological polar surface area (TPSA) is 0 Å². The lowest BCUT2D eigenvalue weighted by molar-refractivity contribution is 0.134. The molecule has 0 N–H and O–H groups in total. The Morgan fingerprint density at radius 3 is 2.13 bits per heavy atom. The molecule has 0 heterocycles. The maximum Gasteiger partial charge on any atom is 0.00744 e. The van der Waals surface area contributed by atoms with Crippen LogP contribution in [0.1, 0.15) is 46.0 Å². The standard InChI is InChI=1S/C14H26Si/c1-8-9(2)14(15)13-7-11-5-3-4-10(11)6-12(8)13/h8-14H,3-7H2,1-2,15H3. The lowest BCUT2D eigenvalue weighted by Gasteiger charge is -2.37. The van der Waals surface area contributed by atoms with Gasteiger partial charge in [-0.1, -0.05) is 33.1 Å². The maximum atomic E-state index is 2.55. The summed E-state index contributed by atoms with van der Waals surface area (Å²) in [5.74, 6) is 6.67. The zero-order chi connectivity index (χ0) is 10.6. The molecule has 0 nitrogen and oxygen atoms in total. The number of fused-ring (bicyclic) bond motifs is 2. The van der Waals surface area contributed by atoms with Crippen LogP contribution < -0.4 is 0 Å². The van der Waals surface area contributed by atoms with E-state index in [0.717, 1.165) is 41.0 Å². The number of rotatable bonds is 0. The first kappa shape index (κ1) is 10.4. The molecule has 7 unspecified atom stereocenters. The SMILES string of the molecule is CC1C(C)C2CC3CCCC3CC2C1[SiH3]. The predicted octanol–water partition coefficient (Wildman–Crippen LogP) is 2.87. The van der Waals surface area contributed by atoms with Crippen LogP contribution in [-0.2, 0) is 0 Å². The first-order valence-corrected chi connectivity index (χ1v) is 8.34. The Bertz CT molecular complexity index is 226. The largest absolute Gasteiger partial charge is 0.0623 e. The third-order valence-corrected chi connectivity index (χ3v) is 8.43. The van der Waals surface area contributed by atoms with Gasteiger partial charge in [0.1, 0.15) is 0 Å². The van der Waals surface area contributed by atoms with Crippen LogP contribution in [0.3, 0.4) is 0 Å². The summed E-state index contributed by atoms with van der Waals surface area (Å²) in [6.07, 6.45) is 7.92. The first-order valence-electron chi connectivity index (χ1n) is 7.18. The fourth-order valence-corrected chi connectivity index (χ4v) is 6.62. The van der Waals surface area contributed by atoms with Crippen molar-refractivity contribution in [2.45, 2.75) is 51.5 Å². The predicted molar refractivity (Wildman–Crippen MR) is 69.1 cm³/mol. The smallest absolute Gasteiger partial charge is 0.00744 e. The molecule has 3 rings (SSSR count). The molecular formula is C14H26Si. The molecule has 0 aromatic rings. The highest BCUT2D eigenvalue weighted by Crippen LogP contribution is 2.59. The molecule has 0 aromatic heterocycles. The molecule has 3 aliphatic carbocycles. The Balaban J connectivity index is 1.81. The second-order valence-electron chi connectivity index (χ2n) is 6.83. The van der Waals surface area contributed by atoms with Crippen LogP contribution in [0.4, 0.5) is 0 Å². The fourth-order valence-electron chi connectivity index (χ4n) is 5.25. The quantitative estimate of drug-likeness (QED) is 0.553. The third-order valence-electron chi connectivity index (χ3n) is 6.53. The van der Waals surface area contributed by atoms with Gasteiger partial charge >= 0.3 is 0 Å². The van der Waals surface area contributed by atoms with Crippen molar-refractivity contribution in [1.82, 2.24) is 0 Å². The summed E-state index contributed by atoms with van der Waals surface area (Å²) in [6, 6.07) is 0. The zero-order valence-electron chi connectivity index (χ0n) is 10.6. The molecular weight excluding hydrogens is 196 g/mol. The molecule has 0 aliphatic heterocycles. The van der Waals surface area contributed by atoms with E-state index in [2.05, 4.69) is 13.8 Å². The van der Waals surface area contributed by atoms with Crippen molar-refractivity contribution in [3.05, 3.63) is 0 Å². The summed E-state index contributed by atoms with van der Waals surface area (Å²) in [7, 11) is 1.45. The first-order chi connectivity index (χ1) is 7.18. The third kappa shape index (κ3) is 1.45. The van der Waals surface area contributed by atoms with Crippen LogP contribution in [-0.4, -0.2) is 10.2 Å². The minimum Gasteiger partial charge on any atom is -0.0623 e. The second-order valence-corrected chi connectivity index (χ2v) is 8.16. The fraction of sp³-hybridized carbons (Fsp3) is 1.00. The van der Waals surface area contributed by atoms with Crippen molar-refractivity contribution in [3.63, 3.8) is 0 Å². The van der Waals surface area contributed by atoms with Gasteiger partial charge in [0, 0.05) is 10.2 Å². The Morgan fingerprint density at radius 2 is 1.47 bits per heavy atom. The van der Waals surface area contributed by atoms with E-state index in [1.807, 2.05) is 0 Å². The summed E-state index contributed by atoms with van der Waals surface area (Å²) >= 11 is 0. The van der Waals surface area contributed by atoms with Crippen molar-refractivity contribution in [2.75, 3.05) is 0 Å². The maximum absolute atomic E-state index is 2.55. The molecule has 86 valence electrons. The molecule has 0 amide bonds. The van der Waals surface area contributed by atoms with Crippen molar-refractivity contribution >= 4 is 10.2 Å². The summed E-state index contributed by atoms with van der Waals surface area (Å²) in [4.78, 5) is 0. The van der Waals surface area contributed by atoms with E-state index in [4.69, 9.17) is 0 Å². The molecule has 0 bridgehead atoms. The summed E-state index contributed by atoms with van der Waals surface area (Å²) in [6.45, 7) is 5.09. The number of hydrogen-bond donors (Lipinski definition) is 0. The van der Waals surface area contributed by atoms with E-state index >= 15 is 0 Å². The average molecular weight is 222 g/mol. The molecule has 0 radical (unpaired) electrons. The molecule has 0 aromatic carbocycles. The molecule has 1 heteroatoms. The van der Waals surface area contributed by atoms with E-state index in [9.17, 15) is 0 Å². The van der Waals surface area contributed by atoms with Gasteiger partial charge in [-0.05, 0) is 53.9 Å². The zero-order valence-corrected chi connectivity index (χ0v) is 12.6. The van der Waals surface area contributed by atoms with Crippen molar-refractivity contribution < 1.29 is 0 Å². The summed E-state index contributed by atoms with van der Waals surface area (Å²) in [5.41, 5.74) is 1.14. The van der Waals surface area contributed by atoms with Crippen LogP contribution >= 0.6 is 0 Å². The Morgan fingerprint density at radius 1 is 0.867 bits per heavy atom. The summed E-state index contributed by atoms with van der Waals surface area (Å²) < 4.78 is 0. The van der Waals surface area contributed by atoms with Gasteiger partial charge in [-0.2, -0.15) is 0 Å². The lowest BCUT2D eigenvalue weighted by atomic mass is 9.69. The van der Waals surface area contributed by atoms with Crippen LogP contribution in [0.25, 0.3) is 0 Å². The average Bonchev–Trinajstić information content (AvgIpc) is 2.77. The molecule has 15 heavy (non-hydrogen) atoms. The van der Waals surface area contributed by atoms with E-state index < -0.39 is 0 Å². The Kier molecular flexibility index (Phi) is 2.50. The van der Waals surface area contributed by atoms with E-state index in [1.165, 1.54) is 10.2 Å². The van der Waals surface area contributed by atoms with Gasteiger partial charge < -0.3 is 0 Å². The van der Waals surface area contributed by atoms with Crippen LogP contribution in [0, 0.1) is 35.5 Å². The molecule has 7 atom stereocenters. The highest BCUT2D eigenvalue weighted by Gasteiger charge is 2.49. The Hall–Kier alpha value is 0.217. The monoisotopic (exact) mass is 222 g/mol. The minimum atomic E-state index is 1.04. The van der Waals surface area contributed by atoms with Crippen LogP contribution in [0.2, 0.25) is 5.54 Å². The van der Waals surface area contributed by atoms with E-state index in [-0.39, 0.29) is 0 Å². The molecule has 3 fully saturated rings. The van der Waals surface area contributed by atoms with Crippen molar-refractivity contribution in [2.24, 2.45) is 35.5 Å². The highest BCUT2D eigenvalue weighted by molar-refractivity contribution is 6.12. The van der Waals surface area contributed by atoms with Crippen LogP contribution in [0.5, 0.6) is 0 Å². The van der Waals surface area contributed by atoms with Crippen LogP contribution in [0.15, 0.2) is 0 Å². The van der Waals surface area contributed by atoms with E-state index in [1.54, 1.807) is 32.1 Å². The minimum absolute atomic E-state index is 1.04. The van der Waals surface area contributed by atoms with Gasteiger partial charge in [0.2, 0.25) is 0 Å². The van der Waals surface area contributed by atoms with Gasteiger partial charge in [-0.15, -0.1) is 0 Å². The van der Waals surface area contributed by atoms with E-state index in [0.29, 0.717) is 0 Å². The van der Waals surface area contributed by atoms with Gasteiger partial charge in [0.05, 0.1) is 0 Å². The Labute approximate surface area is 97.6 Å². The normalized spacial score (nSPS) is 59.2. The van der Waals surface area contributed by atoms with Gasteiger partial charge in [0.25, 0.3) is 0 Å². The number of hydrogen-bond acceptors (Lipinski definition) is 0. The lowest BCUT2D eigenvalue weighted by Crippen LogP contribution is -2.29.